The number of aromatic nitrogens is 3. The van der Waals surface area contributed by atoms with Gasteiger partial charge in [-0.3, -0.25) is 0 Å². The van der Waals surface area contributed by atoms with Crippen LogP contribution in [0.15, 0.2) is 128 Å². The maximum atomic E-state index is 4.59. The Labute approximate surface area is 223 Å². The molecular formula is C34H21N3S. The number of nitrogens with zero attached hydrogens (tertiary/aromatic N) is 3. The summed E-state index contributed by atoms with van der Waals surface area (Å²) in [6, 6.07) is 41.4. The van der Waals surface area contributed by atoms with E-state index in [1.165, 1.54) is 54.1 Å². The largest absolute Gasteiger partial charge is 0.308 e. The first-order valence-corrected chi connectivity index (χ1v) is 13.5. The molecule has 0 bridgehead atoms. The minimum Gasteiger partial charge on any atom is -0.308 e. The van der Waals surface area contributed by atoms with Gasteiger partial charge in [-0.25, -0.2) is 9.97 Å². The average molecular weight is 504 g/mol. The zero-order valence-corrected chi connectivity index (χ0v) is 21.2. The second-order valence-corrected chi connectivity index (χ2v) is 10.5. The highest BCUT2D eigenvalue weighted by Gasteiger charge is 2.19. The summed E-state index contributed by atoms with van der Waals surface area (Å²) in [5.74, 6) is 0. The molecule has 38 heavy (non-hydrogen) atoms. The molecule has 3 aromatic heterocycles. The van der Waals surface area contributed by atoms with E-state index < -0.39 is 0 Å². The summed E-state index contributed by atoms with van der Waals surface area (Å²) in [5.41, 5.74) is 8.36. The van der Waals surface area contributed by atoms with Crippen LogP contribution in [0.25, 0.3) is 70.0 Å². The van der Waals surface area contributed by atoms with Crippen LogP contribution in [-0.4, -0.2) is 14.5 Å². The van der Waals surface area contributed by atoms with E-state index in [1.54, 1.807) is 17.7 Å². The van der Waals surface area contributed by atoms with Crippen molar-refractivity contribution >= 4 is 53.4 Å². The van der Waals surface area contributed by atoms with Gasteiger partial charge in [0.1, 0.15) is 11.2 Å². The van der Waals surface area contributed by atoms with Crippen molar-refractivity contribution in [3.63, 3.8) is 0 Å². The van der Waals surface area contributed by atoms with Crippen molar-refractivity contribution in [1.82, 2.24) is 14.5 Å². The van der Waals surface area contributed by atoms with E-state index in [0.29, 0.717) is 0 Å². The van der Waals surface area contributed by atoms with Gasteiger partial charge in [0.25, 0.3) is 0 Å². The highest BCUT2D eigenvalue weighted by molar-refractivity contribution is 7.26. The Morgan fingerprint density at radius 1 is 0.553 bits per heavy atom. The Morgan fingerprint density at radius 2 is 1.21 bits per heavy atom. The molecule has 0 amide bonds. The summed E-state index contributed by atoms with van der Waals surface area (Å²) < 4.78 is 3.68. The lowest BCUT2D eigenvalue weighted by molar-refractivity contribution is 1.19. The summed E-state index contributed by atoms with van der Waals surface area (Å²) in [4.78, 5) is 9.92. The highest BCUT2D eigenvalue weighted by atomic mass is 32.1. The number of para-hydroxylation sites is 1. The summed E-state index contributed by atoms with van der Waals surface area (Å²) in [7, 11) is 0. The fourth-order valence-corrected chi connectivity index (χ4v) is 6.78. The third-order valence-electron chi connectivity index (χ3n) is 7.35. The molecule has 0 spiro atoms. The summed E-state index contributed by atoms with van der Waals surface area (Å²) in [6.07, 6.45) is 3.57. The summed E-state index contributed by atoms with van der Waals surface area (Å²) >= 11 is 1.74. The first-order valence-electron chi connectivity index (χ1n) is 12.7. The SMILES string of the molecule is c1ccc(-c2cc(-c3ccccc3)cc(-n3c4ccccc4c4ccc5c6cncnc6sc5c43)c2)cc1. The Kier molecular flexibility index (Phi) is 4.69. The van der Waals surface area contributed by atoms with Gasteiger partial charge in [-0.15, -0.1) is 11.3 Å². The molecule has 0 saturated carbocycles. The predicted octanol–water partition coefficient (Wildman–Crippen LogP) is 9.28. The van der Waals surface area contributed by atoms with E-state index in [9.17, 15) is 0 Å². The maximum absolute atomic E-state index is 4.59. The first-order chi connectivity index (χ1) is 18.8. The van der Waals surface area contributed by atoms with E-state index in [4.69, 9.17) is 0 Å². The van der Waals surface area contributed by atoms with Crippen LogP contribution < -0.4 is 0 Å². The maximum Gasteiger partial charge on any atom is 0.127 e. The molecule has 0 saturated heterocycles. The third kappa shape index (κ3) is 3.21. The van der Waals surface area contributed by atoms with Crippen LogP contribution in [0.1, 0.15) is 0 Å². The minimum absolute atomic E-state index is 1.02. The van der Waals surface area contributed by atoms with Crippen molar-refractivity contribution in [1.29, 1.82) is 0 Å². The standard InChI is InChI=1S/C34H21N3S/c1-3-9-22(10-4-1)24-17-25(23-11-5-2-6-12-23)19-26(18-24)37-31-14-8-7-13-27(31)28-15-16-29-30-20-35-21-36-34(30)38-33(29)32(28)37/h1-21H. The molecule has 4 heteroatoms. The third-order valence-corrected chi connectivity index (χ3v) is 8.48. The normalized spacial score (nSPS) is 11.7. The van der Waals surface area contributed by atoms with Crippen molar-refractivity contribution < 1.29 is 0 Å². The van der Waals surface area contributed by atoms with Gasteiger partial charge in [-0.2, -0.15) is 0 Å². The van der Waals surface area contributed by atoms with Crippen LogP contribution in [0.4, 0.5) is 0 Å². The minimum atomic E-state index is 1.02. The topological polar surface area (TPSA) is 30.7 Å². The lowest BCUT2D eigenvalue weighted by Crippen LogP contribution is -1.96. The zero-order chi connectivity index (χ0) is 25.1. The molecule has 0 N–H and O–H groups in total. The molecule has 0 aliphatic carbocycles. The summed E-state index contributed by atoms with van der Waals surface area (Å²) in [5, 5.41) is 4.80. The molecule has 3 nitrogen and oxygen atoms in total. The van der Waals surface area contributed by atoms with Crippen molar-refractivity contribution in [3.8, 4) is 27.9 Å². The Balaban J connectivity index is 1.53. The molecule has 0 radical (unpaired) electrons. The van der Waals surface area contributed by atoms with Gasteiger partial charge < -0.3 is 4.57 Å². The molecule has 0 unspecified atom stereocenters. The van der Waals surface area contributed by atoms with Gasteiger partial charge in [0, 0.05) is 33.4 Å². The van der Waals surface area contributed by atoms with Gasteiger partial charge in [-0.1, -0.05) is 91.0 Å². The fourth-order valence-electron chi connectivity index (χ4n) is 5.63. The molecule has 8 rings (SSSR count). The Morgan fingerprint density at radius 3 is 1.95 bits per heavy atom. The van der Waals surface area contributed by atoms with Crippen LogP contribution in [-0.2, 0) is 0 Å². The molecule has 0 fully saturated rings. The van der Waals surface area contributed by atoms with Gasteiger partial charge in [0.05, 0.1) is 15.7 Å². The fraction of sp³-hybridized carbons (Fsp3) is 0. The number of thiophene rings is 1. The molecule has 178 valence electrons. The van der Waals surface area contributed by atoms with Gasteiger partial charge in [0.2, 0.25) is 0 Å². The quantitative estimate of drug-likeness (QED) is 0.240. The van der Waals surface area contributed by atoms with Crippen LogP contribution in [0.2, 0.25) is 0 Å². The lowest BCUT2D eigenvalue weighted by atomic mass is 9.98. The number of fused-ring (bicyclic) bond motifs is 7. The Bertz CT molecular complexity index is 2070. The van der Waals surface area contributed by atoms with Crippen molar-refractivity contribution in [2.24, 2.45) is 0 Å². The molecular weight excluding hydrogens is 482 g/mol. The second kappa shape index (κ2) is 8.37. The van der Waals surface area contributed by atoms with Gasteiger partial charge >= 0.3 is 0 Å². The molecule has 0 aliphatic heterocycles. The number of hydrogen-bond donors (Lipinski definition) is 0. The van der Waals surface area contributed by atoms with E-state index in [1.807, 2.05) is 6.20 Å². The number of benzene rings is 5. The number of rotatable bonds is 3. The van der Waals surface area contributed by atoms with E-state index >= 15 is 0 Å². The smallest absolute Gasteiger partial charge is 0.127 e. The Hall–Kier alpha value is -4.80. The highest BCUT2D eigenvalue weighted by Crippen LogP contribution is 2.43. The zero-order valence-electron chi connectivity index (χ0n) is 20.4. The van der Waals surface area contributed by atoms with E-state index in [0.717, 1.165) is 15.9 Å². The van der Waals surface area contributed by atoms with Gasteiger partial charge in [0.15, 0.2) is 0 Å². The first kappa shape index (κ1) is 21.3. The van der Waals surface area contributed by atoms with E-state index in [2.05, 4.69) is 130 Å². The van der Waals surface area contributed by atoms with Crippen LogP contribution >= 0.6 is 11.3 Å². The summed E-state index contributed by atoms with van der Waals surface area (Å²) in [6.45, 7) is 0. The molecule has 0 aliphatic rings. The molecule has 8 aromatic rings. The number of hydrogen-bond acceptors (Lipinski definition) is 3. The van der Waals surface area contributed by atoms with Crippen molar-refractivity contribution in [3.05, 3.63) is 128 Å². The van der Waals surface area contributed by atoms with Crippen molar-refractivity contribution in [2.45, 2.75) is 0 Å². The van der Waals surface area contributed by atoms with Crippen LogP contribution in [0.3, 0.4) is 0 Å². The monoisotopic (exact) mass is 503 g/mol. The molecule has 5 aromatic carbocycles. The lowest BCUT2D eigenvalue weighted by Gasteiger charge is -2.14. The molecule has 0 atom stereocenters. The van der Waals surface area contributed by atoms with Crippen LogP contribution in [0.5, 0.6) is 0 Å². The molecule has 3 heterocycles. The average Bonchev–Trinajstić information content (AvgIpc) is 3.54. The van der Waals surface area contributed by atoms with Crippen molar-refractivity contribution in [2.75, 3.05) is 0 Å². The predicted molar refractivity (Wildman–Crippen MR) is 160 cm³/mol. The second-order valence-electron chi connectivity index (χ2n) is 9.54. The van der Waals surface area contributed by atoms with Gasteiger partial charge in [-0.05, 0) is 46.5 Å². The van der Waals surface area contributed by atoms with Crippen LogP contribution in [0, 0.1) is 0 Å². The van der Waals surface area contributed by atoms with E-state index in [-0.39, 0.29) is 0 Å².